The van der Waals surface area contributed by atoms with Gasteiger partial charge in [0.1, 0.15) is 5.75 Å². The highest BCUT2D eigenvalue weighted by molar-refractivity contribution is 6.02. The Morgan fingerprint density at radius 2 is 2.23 bits per heavy atom. The van der Waals surface area contributed by atoms with Gasteiger partial charge in [0.15, 0.2) is 5.60 Å². The molecule has 0 unspecified atom stereocenters. The van der Waals surface area contributed by atoms with Gasteiger partial charge >= 0.3 is 0 Å². The SMILES string of the molecule is CCCCC=NNC(=O)c1ccc2c(c1)NC(=O)C(C)(C)O2. The Morgan fingerprint density at radius 1 is 1.45 bits per heavy atom. The minimum atomic E-state index is -0.916. The summed E-state index contributed by atoms with van der Waals surface area (Å²) >= 11 is 0. The molecule has 2 rings (SSSR count). The van der Waals surface area contributed by atoms with E-state index >= 15 is 0 Å². The molecule has 6 heteroatoms. The zero-order chi connectivity index (χ0) is 16.2. The molecule has 6 nitrogen and oxygen atoms in total. The molecule has 0 fully saturated rings. The Bertz CT molecular complexity index is 609. The van der Waals surface area contributed by atoms with E-state index in [2.05, 4.69) is 22.8 Å². The number of benzene rings is 1. The molecule has 1 aromatic carbocycles. The fraction of sp³-hybridized carbons (Fsp3) is 0.438. The third-order valence-electron chi connectivity index (χ3n) is 3.35. The molecule has 118 valence electrons. The van der Waals surface area contributed by atoms with Gasteiger partial charge in [0.2, 0.25) is 0 Å². The second-order valence-electron chi connectivity index (χ2n) is 5.67. The average Bonchev–Trinajstić information content (AvgIpc) is 2.47. The summed E-state index contributed by atoms with van der Waals surface area (Å²) < 4.78 is 5.62. The minimum absolute atomic E-state index is 0.241. The lowest BCUT2D eigenvalue weighted by atomic mass is 10.0. The average molecular weight is 303 g/mol. The zero-order valence-corrected chi connectivity index (χ0v) is 13.1. The first-order valence-electron chi connectivity index (χ1n) is 7.40. The van der Waals surface area contributed by atoms with E-state index in [9.17, 15) is 9.59 Å². The molecule has 1 aliphatic rings. The first-order valence-corrected chi connectivity index (χ1v) is 7.40. The maximum absolute atomic E-state index is 12.0. The minimum Gasteiger partial charge on any atom is -0.476 e. The van der Waals surface area contributed by atoms with Crippen LogP contribution in [0.5, 0.6) is 5.75 Å². The number of unbranched alkanes of at least 4 members (excludes halogenated alkanes) is 2. The number of hydrogen-bond donors (Lipinski definition) is 2. The number of anilines is 1. The van der Waals surface area contributed by atoms with Crippen LogP contribution in [0.4, 0.5) is 5.69 Å². The number of nitrogens with one attached hydrogen (secondary N) is 2. The third kappa shape index (κ3) is 3.63. The monoisotopic (exact) mass is 303 g/mol. The fourth-order valence-electron chi connectivity index (χ4n) is 1.98. The molecule has 1 aliphatic heterocycles. The summed E-state index contributed by atoms with van der Waals surface area (Å²) in [6.07, 6.45) is 4.64. The highest BCUT2D eigenvalue weighted by Crippen LogP contribution is 2.34. The van der Waals surface area contributed by atoms with Gasteiger partial charge in [-0.05, 0) is 44.9 Å². The van der Waals surface area contributed by atoms with Gasteiger partial charge in [-0.25, -0.2) is 5.43 Å². The van der Waals surface area contributed by atoms with E-state index < -0.39 is 5.60 Å². The molecule has 0 saturated heterocycles. The first kappa shape index (κ1) is 16.0. The number of amides is 2. The molecule has 1 aromatic rings. The van der Waals surface area contributed by atoms with Crippen LogP contribution in [0, 0.1) is 0 Å². The maximum Gasteiger partial charge on any atom is 0.271 e. The van der Waals surface area contributed by atoms with Crippen LogP contribution >= 0.6 is 0 Å². The van der Waals surface area contributed by atoms with E-state index in [0.717, 1.165) is 19.3 Å². The van der Waals surface area contributed by atoms with Gasteiger partial charge in [-0.1, -0.05) is 13.3 Å². The largest absolute Gasteiger partial charge is 0.476 e. The lowest BCUT2D eigenvalue weighted by Gasteiger charge is -2.31. The van der Waals surface area contributed by atoms with E-state index in [0.29, 0.717) is 17.0 Å². The molecule has 0 bridgehead atoms. The number of hydrogen-bond acceptors (Lipinski definition) is 4. The van der Waals surface area contributed by atoms with Crippen molar-refractivity contribution in [2.24, 2.45) is 5.10 Å². The molecule has 22 heavy (non-hydrogen) atoms. The molecule has 0 aliphatic carbocycles. The zero-order valence-electron chi connectivity index (χ0n) is 13.1. The standard InChI is InChI=1S/C16H21N3O3/c1-4-5-6-9-17-19-14(20)11-7-8-13-12(10-11)18-15(21)16(2,3)22-13/h7-10H,4-6H2,1-3H3,(H,18,21)(H,19,20). The molecule has 1 heterocycles. The van der Waals surface area contributed by atoms with Crippen LogP contribution in [-0.4, -0.2) is 23.6 Å². The summed E-state index contributed by atoms with van der Waals surface area (Å²) in [4.78, 5) is 23.9. The van der Waals surface area contributed by atoms with Gasteiger partial charge in [0, 0.05) is 11.8 Å². The lowest BCUT2D eigenvalue weighted by molar-refractivity contribution is -0.129. The summed E-state index contributed by atoms with van der Waals surface area (Å²) in [6.45, 7) is 5.48. The highest BCUT2D eigenvalue weighted by Gasteiger charge is 2.35. The molecule has 0 atom stereocenters. The van der Waals surface area contributed by atoms with Gasteiger partial charge in [0.25, 0.3) is 11.8 Å². The van der Waals surface area contributed by atoms with Crippen molar-refractivity contribution < 1.29 is 14.3 Å². The van der Waals surface area contributed by atoms with Crippen molar-refractivity contribution in [3.8, 4) is 5.75 Å². The van der Waals surface area contributed by atoms with Crippen LogP contribution < -0.4 is 15.5 Å². The summed E-state index contributed by atoms with van der Waals surface area (Å²) in [5.74, 6) is -0.0163. The smallest absolute Gasteiger partial charge is 0.271 e. The Hall–Kier alpha value is -2.37. The number of hydrazone groups is 1. The highest BCUT2D eigenvalue weighted by atomic mass is 16.5. The van der Waals surface area contributed by atoms with Crippen LogP contribution in [0.3, 0.4) is 0 Å². The lowest BCUT2D eigenvalue weighted by Crippen LogP contribution is -2.45. The Morgan fingerprint density at radius 3 is 2.95 bits per heavy atom. The second kappa shape index (κ2) is 6.60. The predicted octanol–water partition coefficient (Wildman–Crippen LogP) is 2.70. The van der Waals surface area contributed by atoms with Gasteiger partial charge < -0.3 is 10.1 Å². The van der Waals surface area contributed by atoms with Crippen molar-refractivity contribution in [3.05, 3.63) is 23.8 Å². The van der Waals surface area contributed by atoms with Crippen LogP contribution in [-0.2, 0) is 4.79 Å². The van der Waals surface area contributed by atoms with Crippen molar-refractivity contribution >= 4 is 23.7 Å². The molecular formula is C16H21N3O3. The van der Waals surface area contributed by atoms with E-state index in [1.54, 1.807) is 38.3 Å². The Balaban J connectivity index is 2.05. The topological polar surface area (TPSA) is 79.8 Å². The fourth-order valence-corrected chi connectivity index (χ4v) is 1.98. The van der Waals surface area contributed by atoms with Crippen LogP contribution in [0.1, 0.15) is 50.4 Å². The molecule has 0 aromatic heterocycles. The molecule has 2 N–H and O–H groups in total. The van der Waals surface area contributed by atoms with E-state index in [1.807, 2.05) is 0 Å². The van der Waals surface area contributed by atoms with E-state index in [4.69, 9.17) is 4.74 Å². The van der Waals surface area contributed by atoms with Crippen LogP contribution in [0.2, 0.25) is 0 Å². The van der Waals surface area contributed by atoms with E-state index in [1.165, 1.54) is 0 Å². The van der Waals surface area contributed by atoms with Crippen LogP contribution in [0.15, 0.2) is 23.3 Å². The molecule has 0 radical (unpaired) electrons. The summed E-state index contributed by atoms with van der Waals surface area (Å²) in [6, 6.07) is 4.90. The van der Waals surface area contributed by atoms with E-state index in [-0.39, 0.29) is 11.8 Å². The number of fused-ring (bicyclic) bond motifs is 1. The number of ether oxygens (including phenoxy) is 1. The van der Waals surface area contributed by atoms with Gasteiger partial charge in [-0.2, -0.15) is 5.10 Å². The van der Waals surface area contributed by atoms with Crippen molar-refractivity contribution in [2.45, 2.75) is 45.6 Å². The Kier molecular flexibility index (Phi) is 4.80. The maximum atomic E-state index is 12.0. The third-order valence-corrected chi connectivity index (χ3v) is 3.35. The van der Waals surface area contributed by atoms with Crippen molar-refractivity contribution in [3.63, 3.8) is 0 Å². The van der Waals surface area contributed by atoms with Crippen molar-refractivity contribution in [2.75, 3.05) is 5.32 Å². The van der Waals surface area contributed by atoms with Crippen molar-refractivity contribution in [1.82, 2.24) is 5.43 Å². The number of nitrogens with zero attached hydrogens (tertiary/aromatic N) is 1. The number of carbonyl (C=O) groups is 2. The summed E-state index contributed by atoms with van der Waals surface area (Å²) in [7, 11) is 0. The van der Waals surface area contributed by atoms with Gasteiger partial charge in [-0.15, -0.1) is 0 Å². The second-order valence-corrected chi connectivity index (χ2v) is 5.67. The van der Waals surface area contributed by atoms with Crippen LogP contribution in [0.25, 0.3) is 0 Å². The van der Waals surface area contributed by atoms with Gasteiger partial charge in [-0.3, -0.25) is 9.59 Å². The quantitative estimate of drug-likeness (QED) is 0.498. The van der Waals surface area contributed by atoms with Crippen molar-refractivity contribution in [1.29, 1.82) is 0 Å². The summed E-state index contributed by atoms with van der Waals surface area (Å²) in [5.41, 5.74) is 2.46. The molecule has 2 amide bonds. The molecular weight excluding hydrogens is 282 g/mol. The number of rotatable bonds is 5. The molecule has 0 saturated carbocycles. The van der Waals surface area contributed by atoms with Gasteiger partial charge in [0.05, 0.1) is 5.69 Å². The Labute approximate surface area is 129 Å². The summed E-state index contributed by atoms with van der Waals surface area (Å²) in [5, 5.41) is 6.64. The number of carbonyl (C=O) groups excluding carboxylic acids is 2. The normalized spacial score (nSPS) is 15.9. The predicted molar refractivity (Wildman–Crippen MR) is 85.3 cm³/mol. The first-order chi connectivity index (χ1) is 10.4. The molecule has 0 spiro atoms.